The third-order valence-electron chi connectivity index (χ3n) is 4.80. The van der Waals surface area contributed by atoms with Gasteiger partial charge in [0.25, 0.3) is 0 Å². The zero-order valence-electron chi connectivity index (χ0n) is 15.3. The molecule has 1 aliphatic rings. The van der Waals surface area contributed by atoms with Crippen molar-refractivity contribution < 1.29 is 0 Å². The van der Waals surface area contributed by atoms with Crippen molar-refractivity contribution in [1.29, 1.82) is 0 Å². The highest BCUT2D eigenvalue weighted by molar-refractivity contribution is 7.80. The van der Waals surface area contributed by atoms with Gasteiger partial charge in [-0.05, 0) is 42.9 Å². The highest BCUT2D eigenvalue weighted by Gasteiger charge is 2.21. The lowest BCUT2D eigenvalue weighted by atomic mass is 10.1. The van der Waals surface area contributed by atoms with E-state index in [0.29, 0.717) is 6.54 Å². The van der Waals surface area contributed by atoms with E-state index >= 15 is 0 Å². The Kier molecular flexibility index (Phi) is 5.11. The number of fused-ring (bicyclic) bond motifs is 1. The molecule has 2 aromatic heterocycles. The van der Waals surface area contributed by atoms with Crippen LogP contribution in [-0.2, 0) is 6.54 Å². The molecule has 3 aromatic rings. The van der Waals surface area contributed by atoms with Crippen LogP contribution >= 0.6 is 12.2 Å². The number of rotatable bonds is 3. The number of piperazine rings is 1. The number of benzene rings is 1. The van der Waals surface area contributed by atoms with E-state index in [-0.39, 0.29) is 0 Å². The predicted molar refractivity (Wildman–Crippen MR) is 112 cm³/mol. The monoisotopic (exact) mass is 378 g/mol. The summed E-state index contributed by atoms with van der Waals surface area (Å²) in [5.74, 6) is 1.01. The molecular weight excluding hydrogens is 356 g/mol. The first-order chi connectivity index (χ1) is 13.2. The van der Waals surface area contributed by atoms with E-state index in [1.807, 2.05) is 18.3 Å². The largest absolute Gasteiger partial charge is 0.358 e. The highest BCUT2D eigenvalue weighted by atomic mass is 32.1. The van der Waals surface area contributed by atoms with Crippen molar-refractivity contribution >= 4 is 34.1 Å². The van der Waals surface area contributed by atoms with E-state index in [9.17, 15) is 0 Å². The van der Waals surface area contributed by atoms with Gasteiger partial charge in [0.05, 0.1) is 5.52 Å². The lowest BCUT2D eigenvalue weighted by Crippen LogP contribution is -2.51. The second-order valence-corrected chi connectivity index (χ2v) is 7.10. The number of pyridine rings is 1. The first-order valence-electron chi connectivity index (χ1n) is 9.09. The van der Waals surface area contributed by atoms with Crippen LogP contribution in [-0.4, -0.2) is 51.1 Å². The quantitative estimate of drug-likeness (QED) is 0.703. The van der Waals surface area contributed by atoms with Crippen molar-refractivity contribution in [2.75, 3.05) is 31.1 Å². The van der Waals surface area contributed by atoms with Gasteiger partial charge in [-0.15, -0.1) is 0 Å². The summed E-state index contributed by atoms with van der Waals surface area (Å²) in [5, 5.41) is 5.24. The van der Waals surface area contributed by atoms with Crippen LogP contribution in [0.5, 0.6) is 0 Å². The molecule has 0 amide bonds. The number of aromatic nitrogens is 3. The first kappa shape index (κ1) is 17.6. The van der Waals surface area contributed by atoms with Crippen molar-refractivity contribution in [3.63, 3.8) is 0 Å². The fraction of sp³-hybridized carbons (Fsp3) is 0.300. The number of hydrogen-bond acceptors (Lipinski definition) is 5. The normalized spacial score (nSPS) is 14.4. The van der Waals surface area contributed by atoms with Gasteiger partial charge >= 0.3 is 0 Å². The Morgan fingerprint density at radius 3 is 2.78 bits per heavy atom. The van der Waals surface area contributed by atoms with Crippen LogP contribution in [0.15, 0.2) is 49.1 Å². The molecule has 4 rings (SSSR count). The molecule has 1 aliphatic heterocycles. The number of anilines is 1. The average molecular weight is 379 g/mol. The summed E-state index contributed by atoms with van der Waals surface area (Å²) in [5.41, 5.74) is 3.33. The Balaban J connectivity index is 1.39. The van der Waals surface area contributed by atoms with Crippen molar-refractivity contribution in [2.45, 2.75) is 13.5 Å². The van der Waals surface area contributed by atoms with Crippen LogP contribution in [0.3, 0.4) is 0 Å². The smallest absolute Gasteiger partial charge is 0.169 e. The van der Waals surface area contributed by atoms with Gasteiger partial charge in [0.1, 0.15) is 12.1 Å². The average Bonchev–Trinajstić information content (AvgIpc) is 2.72. The fourth-order valence-electron chi connectivity index (χ4n) is 3.32. The van der Waals surface area contributed by atoms with Crippen molar-refractivity contribution in [3.8, 4) is 0 Å². The topological polar surface area (TPSA) is 57.2 Å². The summed E-state index contributed by atoms with van der Waals surface area (Å²) in [4.78, 5) is 17.6. The van der Waals surface area contributed by atoms with Crippen LogP contribution < -0.4 is 10.2 Å². The van der Waals surface area contributed by atoms with Gasteiger partial charge in [-0.2, -0.15) is 0 Å². The second-order valence-electron chi connectivity index (χ2n) is 6.71. The molecule has 3 heterocycles. The van der Waals surface area contributed by atoms with Crippen molar-refractivity contribution in [1.82, 2.24) is 25.2 Å². The SMILES string of the molecule is Cc1ccc2ncnc(N3CCN(C(=S)NCc4cccnc4)CC3)c2c1. The lowest BCUT2D eigenvalue weighted by Gasteiger charge is -2.37. The van der Waals surface area contributed by atoms with E-state index < -0.39 is 0 Å². The number of hydrogen-bond donors (Lipinski definition) is 1. The van der Waals surface area contributed by atoms with Gasteiger partial charge in [-0.3, -0.25) is 4.98 Å². The molecule has 1 fully saturated rings. The minimum absolute atomic E-state index is 0.697. The number of nitrogens with zero attached hydrogens (tertiary/aromatic N) is 5. The van der Waals surface area contributed by atoms with Crippen LogP contribution in [0.4, 0.5) is 5.82 Å². The molecule has 0 saturated carbocycles. The van der Waals surface area contributed by atoms with Crippen LogP contribution in [0.2, 0.25) is 0 Å². The molecule has 0 unspecified atom stereocenters. The molecule has 1 saturated heterocycles. The van der Waals surface area contributed by atoms with Gasteiger partial charge in [0.15, 0.2) is 5.11 Å². The number of aryl methyl sites for hydroxylation is 1. The molecule has 138 valence electrons. The van der Waals surface area contributed by atoms with E-state index in [0.717, 1.165) is 53.6 Å². The van der Waals surface area contributed by atoms with Crippen molar-refractivity contribution in [3.05, 3.63) is 60.2 Å². The Bertz CT molecular complexity index is 938. The molecule has 0 radical (unpaired) electrons. The summed E-state index contributed by atoms with van der Waals surface area (Å²) in [6, 6.07) is 10.3. The molecule has 0 spiro atoms. The molecule has 0 bridgehead atoms. The number of nitrogens with one attached hydrogen (secondary N) is 1. The number of thiocarbonyl (C=S) groups is 1. The highest BCUT2D eigenvalue weighted by Crippen LogP contribution is 2.24. The molecule has 1 N–H and O–H groups in total. The summed E-state index contributed by atoms with van der Waals surface area (Å²) in [6.45, 7) is 6.30. The van der Waals surface area contributed by atoms with Gasteiger partial charge in [0.2, 0.25) is 0 Å². The summed E-state index contributed by atoms with van der Waals surface area (Å²) in [7, 11) is 0. The zero-order chi connectivity index (χ0) is 18.6. The lowest BCUT2D eigenvalue weighted by molar-refractivity contribution is 0.379. The van der Waals surface area contributed by atoms with Crippen LogP contribution in [0.25, 0.3) is 10.9 Å². The molecule has 7 heteroatoms. The zero-order valence-corrected chi connectivity index (χ0v) is 16.1. The second kappa shape index (κ2) is 7.84. The third kappa shape index (κ3) is 3.98. The van der Waals surface area contributed by atoms with Gasteiger partial charge < -0.3 is 15.1 Å². The Morgan fingerprint density at radius 1 is 1.15 bits per heavy atom. The molecule has 6 nitrogen and oxygen atoms in total. The maximum atomic E-state index is 5.57. The van der Waals surface area contributed by atoms with E-state index in [1.165, 1.54) is 5.56 Å². The third-order valence-corrected chi connectivity index (χ3v) is 5.21. The van der Waals surface area contributed by atoms with Gasteiger partial charge in [0, 0.05) is 50.5 Å². The summed E-state index contributed by atoms with van der Waals surface area (Å²) in [6.07, 6.45) is 5.29. The summed E-state index contributed by atoms with van der Waals surface area (Å²) < 4.78 is 0. The first-order valence-corrected chi connectivity index (χ1v) is 9.49. The van der Waals surface area contributed by atoms with E-state index in [1.54, 1.807) is 12.5 Å². The Labute approximate surface area is 164 Å². The van der Waals surface area contributed by atoms with Crippen molar-refractivity contribution in [2.24, 2.45) is 0 Å². The van der Waals surface area contributed by atoms with E-state index in [2.05, 4.69) is 55.2 Å². The molecule has 1 aromatic carbocycles. The predicted octanol–water partition coefficient (Wildman–Crippen LogP) is 2.53. The van der Waals surface area contributed by atoms with Gasteiger partial charge in [-0.25, -0.2) is 9.97 Å². The maximum Gasteiger partial charge on any atom is 0.169 e. The fourth-order valence-corrected chi connectivity index (χ4v) is 3.58. The Hall–Kier alpha value is -2.80. The maximum absolute atomic E-state index is 5.57. The molecule has 0 atom stereocenters. The molecule has 27 heavy (non-hydrogen) atoms. The molecule has 0 aliphatic carbocycles. The Morgan fingerprint density at radius 2 is 2.00 bits per heavy atom. The minimum Gasteiger partial charge on any atom is -0.358 e. The van der Waals surface area contributed by atoms with Crippen LogP contribution in [0, 0.1) is 6.92 Å². The van der Waals surface area contributed by atoms with Crippen LogP contribution in [0.1, 0.15) is 11.1 Å². The molecular formula is C20H22N6S. The standard InChI is InChI=1S/C20H22N6S/c1-15-4-5-18-17(11-15)19(24-14-23-18)25-7-9-26(10-8-25)20(27)22-13-16-3-2-6-21-12-16/h2-6,11-12,14H,7-10,13H2,1H3,(H,22,27). The van der Waals surface area contributed by atoms with Gasteiger partial charge in [-0.1, -0.05) is 17.7 Å². The summed E-state index contributed by atoms with van der Waals surface area (Å²) >= 11 is 5.57. The minimum atomic E-state index is 0.697. The van der Waals surface area contributed by atoms with E-state index in [4.69, 9.17) is 12.2 Å².